The second-order valence-corrected chi connectivity index (χ2v) is 20.9. The number of benzene rings is 3. The van der Waals surface area contributed by atoms with Gasteiger partial charge in [0.2, 0.25) is 11.8 Å². The molecule has 5 aromatic rings. The highest BCUT2D eigenvalue weighted by Gasteiger charge is 2.47. The number of aliphatic imine (C=N–C) groups is 3. The lowest BCUT2D eigenvalue weighted by atomic mass is 9.99. The maximum Gasteiger partial charge on any atom is 0.415 e. The Bertz CT molecular complexity index is 3030. The molecule has 0 saturated heterocycles. The molecule has 2 aromatic heterocycles. The first-order chi connectivity index (χ1) is 37.4. The number of nitrogens with one attached hydrogen (secondary N) is 2. The van der Waals surface area contributed by atoms with Gasteiger partial charge < -0.3 is 44.6 Å². The van der Waals surface area contributed by atoms with Gasteiger partial charge in [-0.15, -0.1) is 0 Å². The number of carbonyl (C=O) groups is 4. The topological polar surface area (TPSA) is 298 Å². The van der Waals surface area contributed by atoms with Crippen molar-refractivity contribution in [1.29, 1.82) is 0 Å². The fraction of sp³-hybridized carbons (Fsp3) is 0.421. The van der Waals surface area contributed by atoms with Gasteiger partial charge in [-0.3, -0.25) is 9.59 Å². The van der Waals surface area contributed by atoms with E-state index in [1.54, 1.807) is 41.5 Å². The van der Waals surface area contributed by atoms with E-state index in [4.69, 9.17) is 44.6 Å². The van der Waals surface area contributed by atoms with Gasteiger partial charge in [-0.1, -0.05) is 60.7 Å². The van der Waals surface area contributed by atoms with Gasteiger partial charge in [-0.25, -0.2) is 55.1 Å². The van der Waals surface area contributed by atoms with Crippen LogP contribution in [0.5, 0.6) is 11.8 Å². The van der Waals surface area contributed by atoms with Crippen LogP contribution in [0.25, 0.3) is 0 Å². The van der Waals surface area contributed by atoms with Crippen molar-refractivity contribution in [2.75, 3.05) is 41.3 Å². The van der Waals surface area contributed by atoms with E-state index in [1.807, 2.05) is 72.8 Å². The number of ketones is 2. The molecule has 79 heavy (non-hydrogen) atoms. The second kappa shape index (κ2) is 25.6. The van der Waals surface area contributed by atoms with Crippen molar-refractivity contribution in [3.63, 3.8) is 0 Å². The smallest absolute Gasteiger partial charge is 0.415 e. The van der Waals surface area contributed by atoms with Crippen LogP contribution >= 0.6 is 0 Å². The highest BCUT2D eigenvalue weighted by atomic mass is 16.6. The number of methoxy groups -OCH3 is 5. The minimum Gasteiger partial charge on any atom is -0.480 e. The van der Waals surface area contributed by atoms with Crippen LogP contribution in [0.15, 0.2) is 113 Å². The fourth-order valence-electron chi connectivity index (χ4n) is 7.88. The van der Waals surface area contributed by atoms with Gasteiger partial charge in [0.05, 0.1) is 77.0 Å². The van der Waals surface area contributed by atoms with Gasteiger partial charge in [0.15, 0.2) is 11.6 Å². The number of amides is 2. The largest absolute Gasteiger partial charge is 0.480 e. The Morgan fingerprint density at radius 2 is 0.911 bits per heavy atom. The number of Topliss-reactive ketones (excluding diaryl/α,β-unsaturated/α-hetero) is 2. The van der Waals surface area contributed by atoms with E-state index in [2.05, 4.69) is 45.5 Å². The second-order valence-electron chi connectivity index (χ2n) is 20.9. The third-order valence-electron chi connectivity index (χ3n) is 12.3. The average Bonchev–Trinajstić information content (AvgIpc) is 4.43. The van der Waals surface area contributed by atoms with Crippen molar-refractivity contribution in [1.82, 2.24) is 30.6 Å². The number of aromatic nitrogens is 4. The summed E-state index contributed by atoms with van der Waals surface area (Å²) in [7, 11) is 7.40. The maximum absolute atomic E-state index is 12.6. The van der Waals surface area contributed by atoms with E-state index in [-0.39, 0.29) is 59.2 Å². The summed E-state index contributed by atoms with van der Waals surface area (Å²) >= 11 is 0. The van der Waals surface area contributed by atoms with Crippen LogP contribution in [0.2, 0.25) is 0 Å². The standard InChI is InChI=1S/C23H28N4O5.C18H20N4O3.C16H23N3O3/c1-22(2,3)32-21(29)26-20(31-5)27-23(9-10-23)16-8-6-7-15(11-16)12-18(28)17-13-25-19(30-4)14-24-17;1-24-16-11-20-14(10-21-16)15(23)9-12-4-3-5-13(8-12)18(6-7-18)22-17(19)25-2;1-15(2,3)22-14(20)18-13(21-4)19-16(8-9-16)11-6-5-7-12(17)10-11/h6-8,11,13-14H,9-10,12H2,1-5H3,(H,26,27,29);3-5,8,10-11H,6-7,9H2,1-2H3,(H2,19,22);5-7,10H,8-9,17H2,1-4H3,(H,18,19,20). The molecule has 0 radical (unpaired) electrons. The number of nitrogen functional groups attached to an aromatic ring is 1. The Morgan fingerprint density at radius 3 is 1.23 bits per heavy atom. The number of nitrogens with zero attached hydrogens (tertiary/aromatic N) is 7. The van der Waals surface area contributed by atoms with E-state index in [0.29, 0.717) is 23.1 Å². The van der Waals surface area contributed by atoms with Crippen LogP contribution in [-0.2, 0) is 53.1 Å². The Hall–Kier alpha value is -8.69. The molecule has 22 heteroatoms. The van der Waals surface area contributed by atoms with E-state index in [9.17, 15) is 19.2 Å². The molecular formula is C57H71N11O11. The number of rotatable bonds is 14. The van der Waals surface area contributed by atoms with Gasteiger partial charge in [-0.05, 0) is 120 Å². The first-order valence-electron chi connectivity index (χ1n) is 25.4. The molecule has 22 nitrogen and oxygen atoms in total. The lowest BCUT2D eigenvalue weighted by Gasteiger charge is -2.20. The van der Waals surface area contributed by atoms with Gasteiger partial charge in [0, 0.05) is 18.5 Å². The van der Waals surface area contributed by atoms with Crippen molar-refractivity contribution < 1.29 is 52.3 Å². The van der Waals surface area contributed by atoms with E-state index in [0.717, 1.165) is 66.3 Å². The summed E-state index contributed by atoms with van der Waals surface area (Å²) in [6, 6.07) is 23.5. The van der Waals surface area contributed by atoms with E-state index < -0.39 is 28.9 Å². The van der Waals surface area contributed by atoms with Crippen LogP contribution < -0.4 is 31.6 Å². The number of ether oxygens (including phenoxy) is 7. The summed E-state index contributed by atoms with van der Waals surface area (Å²) in [6.45, 7) is 10.7. The van der Waals surface area contributed by atoms with Crippen molar-refractivity contribution in [3.8, 4) is 11.8 Å². The molecule has 2 heterocycles. The molecule has 3 aliphatic carbocycles. The minimum atomic E-state index is -0.631. The molecule has 0 unspecified atom stereocenters. The SMILES string of the molecule is COC(=NC1(c2cccc(CC(=O)c3cnc(OC)cn3)c2)CC1)NC(=O)OC(C)(C)C.COC(=NC1(c2cccc(N)c2)CC1)NC(=O)OC(C)(C)C.COC(N)=NC1(c2cccc(CC(=O)c3cnc(OC)cn3)c2)CC1. The number of amidine groups is 3. The zero-order chi connectivity index (χ0) is 57.6. The van der Waals surface area contributed by atoms with Crippen molar-refractivity contribution >= 4 is 47.5 Å². The molecule has 0 bridgehead atoms. The molecule has 0 spiro atoms. The van der Waals surface area contributed by atoms with E-state index in [1.165, 1.54) is 60.3 Å². The molecule has 8 rings (SSSR count). The number of nitrogens with two attached hydrogens (primary N) is 2. The van der Waals surface area contributed by atoms with Crippen molar-refractivity contribution in [2.45, 2.75) is 121 Å². The summed E-state index contributed by atoms with van der Waals surface area (Å²) in [4.78, 5) is 78.8. The quantitative estimate of drug-likeness (QED) is 0.0353. The van der Waals surface area contributed by atoms with Crippen LogP contribution in [0.3, 0.4) is 0 Å². The number of anilines is 1. The Morgan fingerprint density at radius 1 is 0.532 bits per heavy atom. The molecule has 3 aliphatic rings. The summed E-state index contributed by atoms with van der Waals surface area (Å²) in [5.41, 5.74) is 15.2. The Balaban J connectivity index is 0.000000195. The summed E-state index contributed by atoms with van der Waals surface area (Å²) in [5.74, 6) is 0.487. The zero-order valence-electron chi connectivity index (χ0n) is 46.7. The summed E-state index contributed by atoms with van der Waals surface area (Å²) < 4.78 is 35.8. The van der Waals surface area contributed by atoms with Crippen molar-refractivity contribution in [3.05, 3.63) is 137 Å². The predicted molar refractivity (Wildman–Crippen MR) is 296 cm³/mol. The predicted octanol–water partition coefficient (Wildman–Crippen LogP) is 8.07. The molecule has 420 valence electrons. The third-order valence-corrected chi connectivity index (χ3v) is 12.3. The van der Waals surface area contributed by atoms with Gasteiger partial charge in [-0.2, -0.15) is 0 Å². The van der Waals surface area contributed by atoms with E-state index >= 15 is 0 Å². The summed E-state index contributed by atoms with van der Waals surface area (Å²) in [6.07, 6.45) is 10.1. The molecule has 3 saturated carbocycles. The number of hydrogen-bond acceptors (Lipinski definition) is 19. The molecule has 3 aromatic carbocycles. The molecule has 3 fully saturated rings. The zero-order valence-corrected chi connectivity index (χ0v) is 46.7. The van der Waals surface area contributed by atoms with Gasteiger partial charge >= 0.3 is 12.2 Å². The first kappa shape index (κ1) is 59.6. The van der Waals surface area contributed by atoms with Crippen LogP contribution in [0.1, 0.15) is 129 Å². The fourth-order valence-corrected chi connectivity index (χ4v) is 7.88. The highest BCUT2D eigenvalue weighted by Crippen LogP contribution is 2.51. The lowest BCUT2D eigenvalue weighted by Crippen LogP contribution is -2.37. The number of alkyl carbamates (subject to hydrolysis) is 2. The minimum absolute atomic E-state index is 0.0896. The van der Waals surface area contributed by atoms with Crippen LogP contribution in [0.4, 0.5) is 15.3 Å². The van der Waals surface area contributed by atoms with Gasteiger partial charge in [0.25, 0.3) is 18.1 Å². The van der Waals surface area contributed by atoms with Crippen LogP contribution in [-0.4, -0.2) is 109 Å². The highest BCUT2D eigenvalue weighted by molar-refractivity contribution is 5.96. The molecule has 2 amide bonds. The number of carbonyl (C=O) groups excluding carboxylic acids is 4. The molecule has 6 N–H and O–H groups in total. The maximum atomic E-state index is 12.6. The number of hydrogen-bond donors (Lipinski definition) is 4. The normalized spacial score (nSPS) is 15.7. The summed E-state index contributed by atoms with van der Waals surface area (Å²) in [5, 5.41) is 5.09. The Kier molecular flexibility index (Phi) is 19.3. The molecule has 0 atom stereocenters. The van der Waals surface area contributed by atoms with Crippen molar-refractivity contribution in [2.24, 2.45) is 20.7 Å². The molecular weight excluding hydrogens is 1010 g/mol. The monoisotopic (exact) mass is 1090 g/mol. The average molecular weight is 1090 g/mol. The van der Waals surface area contributed by atoms with Crippen LogP contribution in [0, 0.1) is 0 Å². The first-order valence-corrected chi connectivity index (χ1v) is 25.4. The van der Waals surface area contributed by atoms with Gasteiger partial charge in [0.1, 0.15) is 22.6 Å². The third kappa shape index (κ3) is 17.7. The molecule has 0 aliphatic heterocycles. The lowest BCUT2D eigenvalue weighted by molar-refractivity contribution is 0.0538. The Labute approximate surface area is 460 Å².